The summed E-state index contributed by atoms with van der Waals surface area (Å²) in [6.45, 7) is 2.00. The van der Waals surface area contributed by atoms with Gasteiger partial charge in [0.05, 0.1) is 0 Å². The zero-order valence-electron chi connectivity index (χ0n) is 13.8. The minimum atomic E-state index is -0.134. The molecule has 0 aromatic heterocycles. The van der Waals surface area contributed by atoms with Crippen molar-refractivity contribution in [3.05, 3.63) is 29.3 Å². The van der Waals surface area contributed by atoms with Crippen molar-refractivity contribution >= 4 is 29.2 Å². The number of nitrogens with one attached hydrogen (secondary N) is 1. The van der Waals surface area contributed by atoms with Gasteiger partial charge in [0.15, 0.2) is 0 Å². The molecule has 130 valence electrons. The lowest BCUT2D eigenvalue weighted by Crippen LogP contribution is -2.41. The van der Waals surface area contributed by atoms with E-state index in [9.17, 15) is 9.59 Å². The lowest BCUT2D eigenvalue weighted by atomic mass is 9.89. The Bertz CT molecular complexity index is 602. The molecule has 6 heteroatoms. The first-order valence-electron chi connectivity index (χ1n) is 8.72. The van der Waals surface area contributed by atoms with Gasteiger partial charge in [-0.25, -0.2) is 4.79 Å². The second kappa shape index (κ2) is 7.88. The van der Waals surface area contributed by atoms with Gasteiger partial charge in [0.25, 0.3) is 0 Å². The summed E-state index contributed by atoms with van der Waals surface area (Å²) in [6, 6.07) is 7.10. The van der Waals surface area contributed by atoms with Gasteiger partial charge in [0, 0.05) is 30.3 Å². The number of benzene rings is 1. The monoisotopic (exact) mass is 349 g/mol. The molecule has 0 spiro atoms. The summed E-state index contributed by atoms with van der Waals surface area (Å²) in [4.78, 5) is 27.9. The number of amides is 3. The zero-order valence-corrected chi connectivity index (χ0v) is 14.6. The molecule has 1 saturated carbocycles. The van der Waals surface area contributed by atoms with Crippen LogP contribution < -0.4 is 10.2 Å². The van der Waals surface area contributed by atoms with Gasteiger partial charge in [0.1, 0.15) is 6.54 Å². The fraction of sp³-hybridized carbons (Fsp3) is 0.556. The summed E-state index contributed by atoms with van der Waals surface area (Å²) < 4.78 is 0. The van der Waals surface area contributed by atoms with Gasteiger partial charge in [-0.3, -0.25) is 9.69 Å². The van der Waals surface area contributed by atoms with Gasteiger partial charge < -0.3 is 10.2 Å². The molecule has 1 N–H and O–H groups in total. The fourth-order valence-electron chi connectivity index (χ4n) is 3.49. The van der Waals surface area contributed by atoms with Crippen LogP contribution in [0.3, 0.4) is 0 Å². The molecular weight excluding hydrogens is 326 g/mol. The van der Waals surface area contributed by atoms with Crippen molar-refractivity contribution in [2.45, 2.75) is 32.1 Å². The molecule has 3 rings (SSSR count). The first kappa shape index (κ1) is 17.1. The minimum Gasteiger partial charge on any atom is -0.354 e. The molecule has 0 unspecified atom stereocenters. The molecule has 1 heterocycles. The average molecular weight is 350 g/mol. The summed E-state index contributed by atoms with van der Waals surface area (Å²) in [5.41, 5.74) is 0.776. The molecule has 3 amide bonds. The Morgan fingerprint density at radius 1 is 1.21 bits per heavy atom. The Hall–Kier alpha value is -1.75. The zero-order chi connectivity index (χ0) is 16.9. The summed E-state index contributed by atoms with van der Waals surface area (Å²) in [5, 5.41) is 3.59. The number of hydrogen-bond acceptors (Lipinski definition) is 2. The van der Waals surface area contributed by atoms with Crippen LogP contribution in [0.2, 0.25) is 5.02 Å². The SMILES string of the molecule is O=C(CN1CCN(c2cccc(Cl)c2)C1=O)NCC1CCCCC1. The number of anilines is 1. The third-order valence-corrected chi connectivity index (χ3v) is 5.10. The second-order valence-corrected chi connectivity index (χ2v) is 7.08. The van der Waals surface area contributed by atoms with Crippen LogP contribution in [-0.4, -0.2) is 43.0 Å². The van der Waals surface area contributed by atoms with Gasteiger partial charge in [-0.1, -0.05) is 36.9 Å². The van der Waals surface area contributed by atoms with Crippen molar-refractivity contribution in [1.82, 2.24) is 10.2 Å². The molecule has 0 bridgehead atoms. The van der Waals surface area contributed by atoms with Gasteiger partial charge in [-0.15, -0.1) is 0 Å². The van der Waals surface area contributed by atoms with E-state index in [4.69, 9.17) is 11.6 Å². The van der Waals surface area contributed by atoms with Gasteiger partial charge in [0.2, 0.25) is 5.91 Å². The highest BCUT2D eigenvalue weighted by atomic mass is 35.5. The lowest BCUT2D eigenvalue weighted by molar-refractivity contribution is -0.121. The Kier molecular flexibility index (Phi) is 5.61. The lowest BCUT2D eigenvalue weighted by Gasteiger charge is -2.23. The van der Waals surface area contributed by atoms with Crippen molar-refractivity contribution in [3.8, 4) is 0 Å². The molecule has 5 nitrogen and oxygen atoms in total. The maximum absolute atomic E-state index is 12.5. The van der Waals surface area contributed by atoms with E-state index in [0.29, 0.717) is 24.0 Å². The number of nitrogens with zero attached hydrogens (tertiary/aromatic N) is 2. The van der Waals surface area contributed by atoms with Crippen LogP contribution in [0, 0.1) is 5.92 Å². The maximum atomic E-state index is 12.5. The Balaban J connectivity index is 1.49. The molecular formula is C18H24ClN3O2. The third-order valence-electron chi connectivity index (χ3n) is 4.86. The number of hydrogen-bond donors (Lipinski definition) is 1. The topological polar surface area (TPSA) is 52.7 Å². The molecule has 2 aliphatic rings. The van der Waals surface area contributed by atoms with Crippen LogP contribution >= 0.6 is 11.6 Å². The Morgan fingerprint density at radius 2 is 2.00 bits per heavy atom. The highest BCUT2D eigenvalue weighted by Gasteiger charge is 2.31. The summed E-state index contributed by atoms with van der Waals surface area (Å²) >= 11 is 5.99. The van der Waals surface area contributed by atoms with Crippen LogP contribution in [0.25, 0.3) is 0 Å². The van der Waals surface area contributed by atoms with Crippen LogP contribution in [0.1, 0.15) is 32.1 Å². The van der Waals surface area contributed by atoms with E-state index < -0.39 is 0 Å². The van der Waals surface area contributed by atoms with Crippen molar-refractivity contribution < 1.29 is 9.59 Å². The summed E-state index contributed by atoms with van der Waals surface area (Å²) in [5.74, 6) is 0.529. The maximum Gasteiger partial charge on any atom is 0.325 e. The number of halogens is 1. The highest BCUT2D eigenvalue weighted by molar-refractivity contribution is 6.30. The van der Waals surface area contributed by atoms with E-state index in [-0.39, 0.29) is 18.5 Å². The van der Waals surface area contributed by atoms with Gasteiger partial charge in [-0.2, -0.15) is 0 Å². The summed E-state index contributed by atoms with van der Waals surface area (Å²) in [6.07, 6.45) is 6.24. The van der Waals surface area contributed by atoms with Crippen LogP contribution in [-0.2, 0) is 4.79 Å². The van der Waals surface area contributed by atoms with Crippen molar-refractivity contribution in [2.24, 2.45) is 5.92 Å². The first-order valence-corrected chi connectivity index (χ1v) is 9.10. The van der Waals surface area contributed by atoms with Crippen molar-refractivity contribution in [1.29, 1.82) is 0 Å². The number of carbonyl (C=O) groups is 2. The largest absolute Gasteiger partial charge is 0.354 e. The predicted molar refractivity (Wildman–Crippen MR) is 95.4 cm³/mol. The molecule has 1 saturated heterocycles. The van der Waals surface area contributed by atoms with E-state index in [1.165, 1.54) is 32.1 Å². The molecule has 1 aliphatic carbocycles. The number of rotatable bonds is 5. The van der Waals surface area contributed by atoms with E-state index >= 15 is 0 Å². The van der Waals surface area contributed by atoms with E-state index in [1.54, 1.807) is 21.9 Å². The molecule has 0 radical (unpaired) electrons. The predicted octanol–water partition coefficient (Wildman–Crippen LogP) is 3.28. The minimum absolute atomic E-state index is 0.0677. The van der Waals surface area contributed by atoms with Crippen LogP contribution in [0.5, 0.6) is 0 Å². The molecule has 1 aliphatic heterocycles. The van der Waals surface area contributed by atoms with E-state index in [1.807, 2.05) is 12.1 Å². The number of carbonyl (C=O) groups excluding carboxylic acids is 2. The van der Waals surface area contributed by atoms with Crippen LogP contribution in [0.4, 0.5) is 10.5 Å². The van der Waals surface area contributed by atoms with Gasteiger partial charge in [-0.05, 0) is 37.0 Å². The second-order valence-electron chi connectivity index (χ2n) is 6.64. The Labute approximate surface area is 147 Å². The van der Waals surface area contributed by atoms with Crippen molar-refractivity contribution in [2.75, 3.05) is 31.1 Å². The molecule has 2 fully saturated rings. The number of urea groups is 1. The smallest absolute Gasteiger partial charge is 0.325 e. The molecule has 0 atom stereocenters. The van der Waals surface area contributed by atoms with Gasteiger partial charge >= 0.3 is 6.03 Å². The van der Waals surface area contributed by atoms with E-state index in [2.05, 4.69) is 5.32 Å². The first-order chi connectivity index (χ1) is 11.6. The fourth-order valence-corrected chi connectivity index (χ4v) is 3.68. The molecule has 24 heavy (non-hydrogen) atoms. The quantitative estimate of drug-likeness (QED) is 0.886. The third kappa shape index (κ3) is 4.20. The molecule has 1 aromatic carbocycles. The Morgan fingerprint density at radius 3 is 2.75 bits per heavy atom. The van der Waals surface area contributed by atoms with Crippen LogP contribution in [0.15, 0.2) is 24.3 Å². The van der Waals surface area contributed by atoms with Crippen molar-refractivity contribution in [3.63, 3.8) is 0 Å². The highest BCUT2D eigenvalue weighted by Crippen LogP contribution is 2.24. The molecule has 1 aromatic rings. The summed E-state index contributed by atoms with van der Waals surface area (Å²) in [7, 11) is 0. The standard InChI is InChI=1S/C18H24ClN3O2/c19-15-7-4-8-16(11-15)22-10-9-21(18(22)24)13-17(23)20-12-14-5-2-1-3-6-14/h4,7-8,11,14H,1-3,5-6,9-10,12-13H2,(H,20,23). The van der Waals surface area contributed by atoms with E-state index in [0.717, 1.165) is 12.2 Å². The normalized spacial score (nSPS) is 19.0. The average Bonchev–Trinajstić information content (AvgIpc) is 2.95.